The van der Waals surface area contributed by atoms with Gasteiger partial charge in [-0.2, -0.15) is 0 Å². The van der Waals surface area contributed by atoms with Gasteiger partial charge in [0.2, 0.25) is 0 Å². The number of carbonyl (C=O) groups is 2. The second-order valence-corrected chi connectivity index (χ2v) is 10.1. The van der Waals surface area contributed by atoms with Gasteiger partial charge < -0.3 is 20.5 Å². The van der Waals surface area contributed by atoms with Gasteiger partial charge in [0.25, 0.3) is 0 Å². The number of ether oxygens (including phenoxy) is 2. The summed E-state index contributed by atoms with van der Waals surface area (Å²) in [6.45, 7) is 6.20. The van der Waals surface area contributed by atoms with E-state index in [1.165, 1.54) is 0 Å². The summed E-state index contributed by atoms with van der Waals surface area (Å²) in [5.74, 6) is 0. The molecule has 1 aliphatic rings. The largest absolute Gasteiger partial charge is 0.446 e. The lowest BCUT2D eigenvalue weighted by Gasteiger charge is -2.30. The van der Waals surface area contributed by atoms with Crippen LogP contribution in [0.3, 0.4) is 0 Å². The molecule has 35 heavy (non-hydrogen) atoms. The van der Waals surface area contributed by atoms with E-state index in [1.54, 1.807) is 0 Å². The maximum absolute atomic E-state index is 12.8. The zero-order chi connectivity index (χ0) is 25.3. The van der Waals surface area contributed by atoms with E-state index < -0.39 is 17.8 Å². The molecule has 2 amide bonds. The zero-order valence-corrected chi connectivity index (χ0v) is 21.1. The maximum Gasteiger partial charge on any atom is 0.411 e. The Kier molecular flexibility index (Phi) is 9.55. The number of nitrogens with two attached hydrogens (primary N) is 1. The van der Waals surface area contributed by atoms with E-state index in [9.17, 15) is 9.59 Å². The molecule has 2 aromatic carbocycles. The molecule has 0 atom stereocenters. The van der Waals surface area contributed by atoms with Gasteiger partial charge in [-0.25, -0.2) is 9.59 Å². The van der Waals surface area contributed by atoms with Crippen molar-refractivity contribution in [1.29, 1.82) is 0 Å². The number of alkyl carbamates (subject to hydrolysis) is 1. The van der Waals surface area contributed by atoms with Crippen molar-refractivity contribution in [2.75, 3.05) is 11.9 Å². The molecule has 4 N–H and O–H groups in total. The first kappa shape index (κ1) is 26.5. The third-order valence-electron chi connectivity index (χ3n) is 5.99. The fourth-order valence-electron chi connectivity index (χ4n) is 4.28. The monoisotopic (exact) mass is 481 g/mol. The minimum absolute atomic E-state index is 0.0302. The normalized spacial score (nSPS) is 17.9. The highest BCUT2D eigenvalue weighted by atomic mass is 16.6. The molecule has 0 aromatic heterocycles. The number of aryl methyl sites for hydroxylation is 1. The second-order valence-electron chi connectivity index (χ2n) is 10.1. The van der Waals surface area contributed by atoms with Crippen molar-refractivity contribution in [3.8, 4) is 11.1 Å². The third kappa shape index (κ3) is 8.91. The molecule has 1 fully saturated rings. The summed E-state index contributed by atoms with van der Waals surface area (Å²) >= 11 is 0. The maximum atomic E-state index is 12.8. The Bertz CT molecular complexity index is 964. The molecule has 0 heterocycles. The Balaban J connectivity index is 1.58. The van der Waals surface area contributed by atoms with Crippen LogP contribution in [0.1, 0.15) is 64.9 Å². The Morgan fingerprint density at radius 3 is 2.34 bits per heavy atom. The molecule has 0 bridgehead atoms. The average molecular weight is 482 g/mol. The minimum atomic E-state index is -0.525. The summed E-state index contributed by atoms with van der Waals surface area (Å²) in [7, 11) is 0. The molecule has 0 radical (unpaired) electrons. The summed E-state index contributed by atoms with van der Waals surface area (Å²) in [5, 5.41) is 5.90. The van der Waals surface area contributed by atoms with Gasteiger partial charge in [0.05, 0.1) is 5.69 Å². The van der Waals surface area contributed by atoms with Gasteiger partial charge in [-0.05, 0) is 89.5 Å². The van der Waals surface area contributed by atoms with Crippen molar-refractivity contribution in [3.05, 3.63) is 54.1 Å². The van der Waals surface area contributed by atoms with Crippen LogP contribution in [-0.4, -0.2) is 36.5 Å². The minimum Gasteiger partial charge on any atom is -0.446 e. The summed E-state index contributed by atoms with van der Waals surface area (Å²) in [6.07, 6.45) is 4.71. The highest BCUT2D eigenvalue weighted by molar-refractivity contribution is 5.91. The van der Waals surface area contributed by atoms with Gasteiger partial charge in [0.1, 0.15) is 11.7 Å². The van der Waals surface area contributed by atoms with Crippen LogP contribution in [0.2, 0.25) is 0 Å². The molecule has 7 heteroatoms. The van der Waals surface area contributed by atoms with Crippen LogP contribution >= 0.6 is 0 Å². The van der Waals surface area contributed by atoms with E-state index in [2.05, 4.69) is 22.8 Å². The van der Waals surface area contributed by atoms with Crippen molar-refractivity contribution in [3.63, 3.8) is 0 Å². The molecule has 0 aliphatic heterocycles. The first-order valence-corrected chi connectivity index (χ1v) is 12.6. The van der Waals surface area contributed by atoms with Crippen LogP contribution in [0.15, 0.2) is 48.5 Å². The SMILES string of the molecule is CC(C)(C)OC(=O)NC1CCC(OC(=O)Nc2cc(CCCCN)ccc2-c2ccccc2)CC1. The number of rotatable bonds is 8. The molecule has 0 spiro atoms. The number of benzene rings is 2. The second kappa shape index (κ2) is 12.6. The first-order valence-electron chi connectivity index (χ1n) is 12.6. The standard InChI is InChI=1S/C28H39N3O4/c1-28(2,3)35-27(33)30-22-13-15-23(16-14-22)34-26(32)31-25-19-20(9-7-8-18-29)12-17-24(25)21-10-5-4-6-11-21/h4-6,10-12,17,19,22-23H,7-9,13-16,18,29H2,1-3H3,(H,30,33)(H,31,32). The number of anilines is 1. The molecule has 7 nitrogen and oxygen atoms in total. The van der Waals surface area contributed by atoms with E-state index in [-0.39, 0.29) is 12.1 Å². The summed E-state index contributed by atoms with van der Waals surface area (Å²) in [4.78, 5) is 24.8. The van der Waals surface area contributed by atoms with Crippen LogP contribution in [0.5, 0.6) is 0 Å². The Morgan fingerprint density at radius 2 is 1.69 bits per heavy atom. The Morgan fingerprint density at radius 1 is 0.971 bits per heavy atom. The van der Waals surface area contributed by atoms with Crippen molar-refractivity contribution in [2.24, 2.45) is 5.73 Å². The third-order valence-corrected chi connectivity index (χ3v) is 5.99. The molecular formula is C28H39N3O4. The number of nitrogens with one attached hydrogen (secondary N) is 2. The average Bonchev–Trinajstić information content (AvgIpc) is 2.80. The predicted octanol–water partition coefficient (Wildman–Crippen LogP) is 6.02. The van der Waals surface area contributed by atoms with Crippen LogP contribution in [0.25, 0.3) is 11.1 Å². The smallest absolute Gasteiger partial charge is 0.411 e. The van der Waals surface area contributed by atoms with E-state index in [4.69, 9.17) is 15.2 Å². The summed E-state index contributed by atoms with van der Waals surface area (Å²) in [5.41, 5.74) is 8.99. The number of hydrogen-bond donors (Lipinski definition) is 3. The van der Waals surface area contributed by atoms with Gasteiger partial charge in [0, 0.05) is 11.6 Å². The zero-order valence-electron chi connectivity index (χ0n) is 21.1. The van der Waals surface area contributed by atoms with E-state index >= 15 is 0 Å². The van der Waals surface area contributed by atoms with Crippen LogP contribution in [0.4, 0.5) is 15.3 Å². The van der Waals surface area contributed by atoms with E-state index in [0.717, 1.165) is 54.5 Å². The number of unbranched alkanes of at least 4 members (excludes halogenated alkanes) is 1. The van der Waals surface area contributed by atoms with Gasteiger partial charge >= 0.3 is 12.2 Å². The molecule has 2 aromatic rings. The van der Waals surface area contributed by atoms with Crippen LogP contribution in [-0.2, 0) is 15.9 Å². The molecule has 0 saturated heterocycles. The van der Waals surface area contributed by atoms with Crippen LogP contribution in [0, 0.1) is 0 Å². The lowest BCUT2D eigenvalue weighted by atomic mass is 9.93. The predicted molar refractivity (Wildman–Crippen MR) is 139 cm³/mol. The van der Waals surface area contributed by atoms with Gasteiger partial charge in [-0.3, -0.25) is 5.32 Å². The fourth-order valence-corrected chi connectivity index (χ4v) is 4.28. The topological polar surface area (TPSA) is 103 Å². The van der Waals surface area contributed by atoms with Gasteiger partial charge in [-0.1, -0.05) is 42.5 Å². The molecular weight excluding hydrogens is 442 g/mol. The fraction of sp³-hybridized carbons (Fsp3) is 0.500. The lowest BCUT2D eigenvalue weighted by molar-refractivity contribution is 0.0440. The van der Waals surface area contributed by atoms with Gasteiger partial charge in [-0.15, -0.1) is 0 Å². The summed E-state index contributed by atoms with van der Waals surface area (Å²) < 4.78 is 11.1. The molecule has 1 saturated carbocycles. The molecule has 1 aliphatic carbocycles. The molecule has 190 valence electrons. The van der Waals surface area contributed by atoms with Crippen LogP contribution < -0.4 is 16.4 Å². The molecule has 0 unspecified atom stereocenters. The van der Waals surface area contributed by atoms with E-state index in [1.807, 2.05) is 57.2 Å². The van der Waals surface area contributed by atoms with E-state index in [0.29, 0.717) is 19.4 Å². The summed E-state index contributed by atoms with van der Waals surface area (Å²) in [6, 6.07) is 16.2. The number of hydrogen-bond acceptors (Lipinski definition) is 5. The number of amides is 2. The van der Waals surface area contributed by atoms with Gasteiger partial charge in [0.15, 0.2) is 0 Å². The van der Waals surface area contributed by atoms with Crippen molar-refractivity contribution in [2.45, 2.75) is 83.5 Å². The lowest BCUT2D eigenvalue weighted by Crippen LogP contribution is -2.42. The Labute approximate surface area is 208 Å². The highest BCUT2D eigenvalue weighted by Gasteiger charge is 2.27. The number of carbonyl (C=O) groups excluding carboxylic acids is 2. The highest BCUT2D eigenvalue weighted by Crippen LogP contribution is 2.30. The van der Waals surface area contributed by atoms with Crippen molar-refractivity contribution >= 4 is 17.9 Å². The Hall–Kier alpha value is -3.06. The molecule has 3 rings (SSSR count). The van der Waals surface area contributed by atoms with Crippen molar-refractivity contribution < 1.29 is 19.1 Å². The first-order chi connectivity index (χ1) is 16.7. The van der Waals surface area contributed by atoms with Crippen molar-refractivity contribution in [1.82, 2.24) is 5.32 Å². The quantitative estimate of drug-likeness (QED) is 0.400.